The third-order valence-electron chi connectivity index (χ3n) is 3.03. The minimum Gasteiger partial charge on any atom is -0.449 e. The lowest BCUT2D eigenvalue weighted by atomic mass is 9.82. The van der Waals surface area contributed by atoms with E-state index in [1.807, 2.05) is 32.0 Å². The summed E-state index contributed by atoms with van der Waals surface area (Å²) in [5, 5.41) is 3.93. The Bertz CT molecular complexity index is 541. The smallest absolute Gasteiger partial charge is 0.427 e. The molecule has 21 heavy (non-hydrogen) atoms. The fourth-order valence-electron chi connectivity index (χ4n) is 1.81. The molecule has 0 fully saturated rings. The summed E-state index contributed by atoms with van der Waals surface area (Å²) >= 11 is 0. The molecule has 0 aliphatic heterocycles. The van der Waals surface area contributed by atoms with Crippen molar-refractivity contribution in [2.45, 2.75) is 27.2 Å². The highest BCUT2D eigenvalue weighted by atomic mass is 16.5. The van der Waals surface area contributed by atoms with Crippen LogP contribution in [0.15, 0.2) is 53.3 Å². The van der Waals surface area contributed by atoms with Crippen molar-refractivity contribution in [3.8, 4) is 0 Å². The maximum atomic E-state index is 11.2. The summed E-state index contributed by atoms with van der Waals surface area (Å²) in [6, 6.07) is 10.1. The van der Waals surface area contributed by atoms with Crippen molar-refractivity contribution in [3.63, 3.8) is 0 Å². The molecular weight excluding hydrogens is 264 g/mol. The largest absolute Gasteiger partial charge is 0.449 e. The monoisotopic (exact) mass is 286 g/mol. The zero-order valence-electron chi connectivity index (χ0n) is 12.8. The van der Waals surface area contributed by atoms with E-state index in [4.69, 9.17) is 4.74 Å². The Morgan fingerprint density at radius 2 is 2.10 bits per heavy atom. The van der Waals surface area contributed by atoms with Gasteiger partial charge in [0.05, 0.1) is 6.61 Å². The maximum Gasteiger partial charge on any atom is 0.427 e. The van der Waals surface area contributed by atoms with Crippen molar-refractivity contribution in [3.05, 3.63) is 53.8 Å². The van der Waals surface area contributed by atoms with Crippen LogP contribution in [0.25, 0.3) is 0 Å². The van der Waals surface area contributed by atoms with Gasteiger partial charge in [-0.2, -0.15) is 5.10 Å². The van der Waals surface area contributed by atoms with Gasteiger partial charge in [-0.05, 0) is 18.1 Å². The van der Waals surface area contributed by atoms with E-state index in [1.54, 1.807) is 13.1 Å². The Morgan fingerprint density at radius 1 is 1.43 bits per heavy atom. The number of hydrogen-bond donors (Lipinski definition) is 1. The third kappa shape index (κ3) is 5.67. The van der Waals surface area contributed by atoms with Crippen LogP contribution in [0.4, 0.5) is 4.79 Å². The molecule has 1 amide bonds. The maximum absolute atomic E-state index is 11.2. The Labute approximate surface area is 126 Å². The standard InChI is InChI=1S/C17H22N2O2/c1-5-15(12-14-10-8-7-9-11-14)17(3,4)13-18-19-16(20)21-6-2/h7-11,13H,1,6,12H2,2-4H3,(H,19,20). The summed E-state index contributed by atoms with van der Waals surface area (Å²) in [6.07, 6.45) is 1.85. The van der Waals surface area contributed by atoms with Crippen molar-refractivity contribution in [2.24, 2.45) is 10.5 Å². The van der Waals surface area contributed by atoms with Gasteiger partial charge in [0.25, 0.3) is 0 Å². The minimum absolute atomic E-state index is 0.316. The molecule has 112 valence electrons. The molecule has 1 aromatic rings. The van der Waals surface area contributed by atoms with Gasteiger partial charge in [-0.3, -0.25) is 0 Å². The van der Waals surface area contributed by atoms with Gasteiger partial charge in [-0.25, -0.2) is 10.2 Å². The summed E-state index contributed by atoms with van der Waals surface area (Å²) in [6.45, 7) is 9.82. The predicted octanol–water partition coefficient (Wildman–Crippen LogP) is 3.70. The van der Waals surface area contributed by atoms with E-state index in [2.05, 4.69) is 35.0 Å². The van der Waals surface area contributed by atoms with E-state index in [-0.39, 0.29) is 5.41 Å². The first-order valence-corrected chi connectivity index (χ1v) is 6.90. The van der Waals surface area contributed by atoms with Crippen molar-refractivity contribution in [1.29, 1.82) is 0 Å². The minimum atomic E-state index is -0.559. The number of rotatable bonds is 6. The van der Waals surface area contributed by atoms with Gasteiger partial charge >= 0.3 is 6.09 Å². The van der Waals surface area contributed by atoms with E-state index >= 15 is 0 Å². The van der Waals surface area contributed by atoms with Gasteiger partial charge in [-0.15, -0.1) is 5.73 Å². The lowest BCUT2D eigenvalue weighted by Crippen LogP contribution is -2.23. The molecule has 4 nitrogen and oxygen atoms in total. The van der Waals surface area contributed by atoms with Crippen LogP contribution in [-0.4, -0.2) is 18.9 Å². The first-order valence-electron chi connectivity index (χ1n) is 6.90. The van der Waals surface area contributed by atoms with E-state index in [9.17, 15) is 4.79 Å². The molecule has 0 aliphatic rings. The number of hydrogen-bond acceptors (Lipinski definition) is 3. The zero-order chi connectivity index (χ0) is 15.7. The fraction of sp³-hybridized carbons (Fsp3) is 0.353. The van der Waals surface area contributed by atoms with E-state index in [1.165, 1.54) is 5.56 Å². The molecule has 0 spiro atoms. The van der Waals surface area contributed by atoms with Gasteiger partial charge < -0.3 is 4.74 Å². The number of nitrogens with zero attached hydrogens (tertiary/aromatic N) is 1. The quantitative estimate of drug-likeness (QED) is 0.492. The van der Waals surface area contributed by atoms with Crippen molar-refractivity contribution in [1.82, 2.24) is 5.43 Å². The van der Waals surface area contributed by atoms with E-state index in [0.29, 0.717) is 6.61 Å². The van der Waals surface area contributed by atoms with Crippen LogP contribution in [-0.2, 0) is 11.2 Å². The molecule has 0 aliphatic carbocycles. The van der Waals surface area contributed by atoms with Crippen LogP contribution in [0.2, 0.25) is 0 Å². The topological polar surface area (TPSA) is 50.7 Å². The molecule has 1 rings (SSSR count). The second-order valence-corrected chi connectivity index (χ2v) is 5.13. The fourth-order valence-corrected chi connectivity index (χ4v) is 1.81. The molecule has 1 N–H and O–H groups in total. The zero-order valence-corrected chi connectivity index (χ0v) is 12.8. The molecule has 0 aromatic heterocycles. The predicted molar refractivity (Wildman–Crippen MR) is 85.2 cm³/mol. The Balaban J connectivity index is 2.72. The van der Waals surface area contributed by atoms with Gasteiger partial charge in [0.2, 0.25) is 0 Å². The molecule has 0 unspecified atom stereocenters. The Kier molecular flexibility index (Phi) is 6.44. The van der Waals surface area contributed by atoms with Crippen molar-refractivity contribution >= 4 is 12.3 Å². The van der Waals surface area contributed by atoms with Crippen molar-refractivity contribution in [2.75, 3.05) is 6.61 Å². The van der Waals surface area contributed by atoms with Crippen LogP contribution in [0, 0.1) is 5.41 Å². The summed E-state index contributed by atoms with van der Waals surface area (Å²) in [4.78, 5) is 11.2. The van der Waals surface area contributed by atoms with Crippen LogP contribution >= 0.6 is 0 Å². The highest BCUT2D eigenvalue weighted by Crippen LogP contribution is 2.26. The number of allylic oxidation sites excluding steroid dienone is 1. The van der Waals surface area contributed by atoms with Crippen molar-refractivity contribution < 1.29 is 9.53 Å². The summed E-state index contributed by atoms with van der Waals surface area (Å²) < 4.78 is 4.74. The number of amides is 1. The SMILES string of the molecule is C=C=C(Cc1ccccc1)C(C)(C)C=NNC(=O)OCC. The average Bonchev–Trinajstić information content (AvgIpc) is 2.45. The molecular formula is C17H22N2O2. The number of ether oxygens (including phenoxy) is 1. The number of nitrogens with one attached hydrogen (secondary N) is 1. The summed E-state index contributed by atoms with van der Waals surface area (Å²) in [7, 11) is 0. The summed E-state index contributed by atoms with van der Waals surface area (Å²) in [5.41, 5.74) is 7.14. The van der Waals surface area contributed by atoms with E-state index in [0.717, 1.165) is 12.0 Å². The summed E-state index contributed by atoms with van der Waals surface area (Å²) in [5.74, 6) is 0. The van der Waals surface area contributed by atoms with Gasteiger partial charge in [0.1, 0.15) is 0 Å². The molecule has 0 heterocycles. The normalized spacial score (nSPS) is 11.0. The van der Waals surface area contributed by atoms with E-state index < -0.39 is 6.09 Å². The molecule has 0 radical (unpaired) electrons. The Morgan fingerprint density at radius 3 is 2.67 bits per heavy atom. The number of hydrazone groups is 1. The van der Waals surface area contributed by atoms with Crippen LogP contribution < -0.4 is 5.43 Å². The second-order valence-electron chi connectivity index (χ2n) is 5.13. The first kappa shape index (κ1) is 16.7. The molecule has 4 heteroatoms. The highest BCUT2D eigenvalue weighted by molar-refractivity contribution is 5.73. The molecule has 0 saturated carbocycles. The van der Waals surface area contributed by atoms with Gasteiger partial charge in [0, 0.05) is 18.1 Å². The average molecular weight is 286 g/mol. The first-order chi connectivity index (χ1) is 9.99. The molecule has 0 saturated heterocycles. The Hall–Kier alpha value is -2.32. The highest BCUT2D eigenvalue weighted by Gasteiger charge is 2.21. The molecule has 0 bridgehead atoms. The number of benzene rings is 1. The van der Waals surface area contributed by atoms with Crippen LogP contribution in [0.3, 0.4) is 0 Å². The number of carbonyl (C=O) groups excluding carboxylic acids is 1. The molecule has 0 atom stereocenters. The van der Waals surface area contributed by atoms with Gasteiger partial charge in [0.15, 0.2) is 0 Å². The molecule has 1 aromatic carbocycles. The lowest BCUT2D eigenvalue weighted by Gasteiger charge is -2.21. The van der Waals surface area contributed by atoms with Crippen LogP contribution in [0.5, 0.6) is 0 Å². The number of carbonyl (C=O) groups is 1. The van der Waals surface area contributed by atoms with Crippen LogP contribution in [0.1, 0.15) is 26.3 Å². The second kappa shape index (κ2) is 8.08. The van der Waals surface area contributed by atoms with Gasteiger partial charge in [-0.1, -0.05) is 50.8 Å². The third-order valence-corrected chi connectivity index (χ3v) is 3.03. The lowest BCUT2D eigenvalue weighted by molar-refractivity contribution is 0.152.